The largest absolute Gasteiger partial charge is 0.494 e. The lowest BCUT2D eigenvalue weighted by Crippen LogP contribution is -2.13. The number of aromatic nitrogens is 7. The van der Waals surface area contributed by atoms with Gasteiger partial charge in [0, 0.05) is 29.3 Å². The molecule has 11 nitrogen and oxygen atoms in total. The van der Waals surface area contributed by atoms with Crippen LogP contribution in [0.1, 0.15) is 44.8 Å². The maximum Gasteiger partial charge on any atom is 0.280 e. The quantitative estimate of drug-likeness (QED) is 0.291. The molecule has 2 N–H and O–H groups in total. The van der Waals surface area contributed by atoms with Gasteiger partial charge in [0.25, 0.3) is 12.3 Å². The highest BCUT2D eigenvalue weighted by Crippen LogP contribution is 2.37. The Hall–Kier alpha value is -5.03. The van der Waals surface area contributed by atoms with Gasteiger partial charge in [-0.3, -0.25) is 20.2 Å². The summed E-state index contributed by atoms with van der Waals surface area (Å²) in [5.41, 5.74) is 2.06. The number of anilines is 1. The number of aryl methyl sites for hydroxylation is 2. The summed E-state index contributed by atoms with van der Waals surface area (Å²) in [5.74, 6) is 5.88. The van der Waals surface area contributed by atoms with Gasteiger partial charge in [-0.15, -0.1) is 20.4 Å². The van der Waals surface area contributed by atoms with Crippen molar-refractivity contribution in [3.05, 3.63) is 70.1 Å². The summed E-state index contributed by atoms with van der Waals surface area (Å²) < 4.78 is 37.9. The maximum absolute atomic E-state index is 13.5. The van der Waals surface area contributed by atoms with E-state index in [0.717, 1.165) is 17.0 Å². The van der Waals surface area contributed by atoms with Crippen LogP contribution in [0.4, 0.5) is 13.9 Å². The molecule has 5 rings (SSSR count). The predicted molar refractivity (Wildman–Crippen MR) is 136 cm³/mol. The number of pyridine rings is 1. The van der Waals surface area contributed by atoms with Crippen LogP contribution in [0.25, 0.3) is 22.6 Å². The van der Waals surface area contributed by atoms with Crippen molar-refractivity contribution in [3.63, 3.8) is 0 Å². The average molecular weight is 549 g/mol. The van der Waals surface area contributed by atoms with Gasteiger partial charge in [-0.25, -0.2) is 8.78 Å². The van der Waals surface area contributed by atoms with Crippen LogP contribution in [0.5, 0.6) is 5.75 Å². The number of ether oxygens (including phenoxy) is 1. The van der Waals surface area contributed by atoms with E-state index >= 15 is 0 Å². The molecule has 0 fully saturated rings. The van der Waals surface area contributed by atoms with E-state index in [4.69, 9.17) is 9.15 Å². The first-order valence-corrected chi connectivity index (χ1v) is 12.1. The number of amides is 1. The third kappa shape index (κ3) is 5.63. The number of alkyl halides is 2. The standard InChI is InChI=1S/C25H18F2N8O3S/c1-12-8-15(32-30-12)5-7-21-33-35-25(39-21)29-23(36)16-6-4-14(24-34-31-13(2)38-24)9-17(16)18-10-19(22(26)27)28-11-20(18)37-3/h4,6,8-11,22H,1-3H3,(H,30,32)(H,29,35,36). The Morgan fingerprint density at radius 1 is 1.10 bits per heavy atom. The smallest absolute Gasteiger partial charge is 0.280 e. The highest BCUT2D eigenvalue weighted by atomic mass is 32.1. The average Bonchev–Trinajstić information content (AvgIpc) is 3.68. The number of nitrogens with one attached hydrogen (secondary N) is 2. The van der Waals surface area contributed by atoms with Crippen LogP contribution in [-0.4, -0.2) is 48.6 Å². The number of benzene rings is 1. The molecule has 4 heterocycles. The number of H-pyrrole nitrogens is 1. The molecule has 4 aromatic heterocycles. The van der Waals surface area contributed by atoms with Gasteiger partial charge in [0.1, 0.15) is 17.1 Å². The number of carbonyl (C=O) groups excluding carboxylic acids is 1. The molecule has 0 atom stereocenters. The topological polar surface area (TPSA) is 145 Å². The third-order valence-electron chi connectivity index (χ3n) is 5.31. The Labute approximate surface area is 223 Å². The minimum atomic E-state index is -2.83. The Balaban J connectivity index is 1.51. The summed E-state index contributed by atoms with van der Waals surface area (Å²) >= 11 is 1.07. The number of hydrogen-bond acceptors (Lipinski definition) is 10. The van der Waals surface area contributed by atoms with Crippen LogP contribution in [0.2, 0.25) is 0 Å². The van der Waals surface area contributed by atoms with Crippen molar-refractivity contribution in [2.24, 2.45) is 0 Å². The van der Waals surface area contributed by atoms with Crippen molar-refractivity contribution in [2.75, 3.05) is 12.4 Å². The van der Waals surface area contributed by atoms with Crippen LogP contribution < -0.4 is 10.1 Å². The molecule has 14 heteroatoms. The highest BCUT2D eigenvalue weighted by Gasteiger charge is 2.22. The number of methoxy groups -OCH3 is 1. The zero-order valence-electron chi connectivity index (χ0n) is 20.6. The lowest BCUT2D eigenvalue weighted by Gasteiger charge is -2.14. The van der Waals surface area contributed by atoms with Crippen molar-refractivity contribution < 1.29 is 22.7 Å². The Morgan fingerprint density at radius 3 is 2.64 bits per heavy atom. The molecule has 0 bridgehead atoms. The fourth-order valence-electron chi connectivity index (χ4n) is 3.55. The zero-order valence-corrected chi connectivity index (χ0v) is 21.4. The first-order chi connectivity index (χ1) is 18.8. The van der Waals surface area contributed by atoms with Gasteiger partial charge in [0.15, 0.2) is 5.01 Å². The van der Waals surface area contributed by atoms with Gasteiger partial charge in [-0.05, 0) is 54.7 Å². The number of nitrogens with zero attached hydrogens (tertiary/aromatic N) is 6. The molecule has 1 aromatic carbocycles. The SMILES string of the molecule is COc1cnc(C(F)F)cc1-c1cc(-c2nnc(C)o2)ccc1C(=O)Nc1nnc(C#Cc2cc(C)[nH]n2)s1. The first-order valence-electron chi connectivity index (χ1n) is 11.3. The molecular weight excluding hydrogens is 530 g/mol. The second-order valence-electron chi connectivity index (χ2n) is 8.05. The van der Waals surface area contributed by atoms with E-state index in [1.165, 1.54) is 25.4 Å². The minimum absolute atomic E-state index is 0.148. The molecule has 0 aliphatic carbocycles. The fourth-order valence-corrected chi connectivity index (χ4v) is 4.14. The molecule has 0 spiro atoms. The van der Waals surface area contributed by atoms with E-state index in [2.05, 4.69) is 52.7 Å². The number of halogens is 2. The van der Waals surface area contributed by atoms with Gasteiger partial charge in [0.2, 0.25) is 16.9 Å². The molecule has 5 aromatic rings. The summed E-state index contributed by atoms with van der Waals surface area (Å²) in [6.45, 7) is 3.49. The molecule has 1 amide bonds. The van der Waals surface area contributed by atoms with Crippen LogP contribution in [-0.2, 0) is 0 Å². The van der Waals surface area contributed by atoms with Crippen molar-refractivity contribution in [2.45, 2.75) is 20.3 Å². The zero-order chi connectivity index (χ0) is 27.5. The second kappa shape index (κ2) is 10.8. The molecule has 0 saturated carbocycles. The van der Waals surface area contributed by atoms with E-state index in [9.17, 15) is 13.6 Å². The molecule has 39 heavy (non-hydrogen) atoms. The molecule has 0 aliphatic rings. The van der Waals surface area contributed by atoms with Crippen molar-refractivity contribution >= 4 is 22.4 Å². The van der Waals surface area contributed by atoms with Gasteiger partial charge in [-0.1, -0.05) is 11.3 Å². The number of carbonyl (C=O) groups is 1. The van der Waals surface area contributed by atoms with Crippen LogP contribution >= 0.6 is 11.3 Å². The van der Waals surface area contributed by atoms with Crippen molar-refractivity contribution in [3.8, 4) is 40.2 Å². The molecule has 0 aliphatic heterocycles. The normalized spacial score (nSPS) is 10.8. The van der Waals surface area contributed by atoms with Gasteiger partial charge in [-0.2, -0.15) is 5.10 Å². The van der Waals surface area contributed by atoms with Gasteiger partial charge >= 0.3 is 0 Å². The summed E-state index contributed by atoms with van der Waals surface area (Å²) in [6, 6.07) is 7.66. The van der Waals surface area contributed by atoms with Crippen molar-refractivity contribution in [1.82, 2.24) is 35.6 Å². The lowest BCUT2D eigenvalue weighted by molar-refractivity contribution is 0.102. The summed E-state index contributed by atoms with van der Waals surface area (Å²) in [4.78, 5) is 17.1. The number of hydrogen-bond donors (Lipinski definition) is 2. The number of rotatable bonds is 6. The fraction of sp³-hybridized carbons (Fsp3) is 0.160. The number of aromatic amines is 1. The lowest BCUT2D eigenvalue weighted by atomic mass is 9.96. The highest BCUT2D eigenvalue weighted by molar-refractivity contribution is 7.15. The van der Waals surface area contributed by atoms with E-state index in [1.54, 1.807) is 25.1 Å². The molecule has 196 valence electrons. The second-order valence-corrected chi connectivity index (χ2v) is 9.03. The van der Waals surface area contributed by atoms with E-state index in [0.29, 0.717) is 22.2 Å². The summed E-state index contributed by atoms with van der Waals surface area (Å²) in [5, 5.41) is 25.9. The monoisotopic (exact) mass is 548 g/mol. The first kappa shape index (κ1) is 25.6. The maximum atomic E-state index is 13.5. The van der Waals surface area contributed by atoms with Gasteiger partial charge in [0.05, 0.1) is 13.3 Å². The van der Waals surface area contributed by atoms with Crippen LogP contribution in [0.3, 0.4) is 0 Å². The van der Waals surface area contributed by atoms with Crippen LogP contribution in [0, 0.1) is 25.7 Å². The Kier molecular flexibility index (Phi) is 7.06. The Bertz CT molecular complexity index is 1730. The van der Waals surface area contributed by atoms with E-state index in [1.807, 2.05) is 6.92 Å². The predicted octanol–water partition coefficient (Wildman–Crippen LogP) is 4.59. The molecular formula is C25H18F2N8O3S. The van der Waals surface area contributed by atoms with E-state index < -0.39 is 18.0 Å². The minimum Gasteiger partial charge on any atom is -0.494 e. The third-order valence-corrected chi connectivity index (χ3v) is 6.06. The van der Waals surface area contributed by atoms with Gasteiger partial charge < -0.3 is 9.15 Å². The molecule has 0 saturated heterocycles. The summed E-state index contributed by atoms with van der Waals surface area (Å²) in [6.07, 6.45) is -1.65. The Morgan fingerprint density at radius 2 is 1.95 bits per heavy atom. The molecule has 0 unspecified atom stereocenters. The van der Waals surface area contributed by atoms with Crippen LogP contribution in [0.15, 0.2) is 40.9 Å². The van der Waals surface area contributed by atoms with E-state index in [-0.39, 0.29) is 33.5 Å². The molecule has 0 radical (unpaired) electrons. The van der Waals surface area contributed by atoms with Crippen molar-refractivity contribution in [1.29, 1.82) is 0 Å². The summed E-state index contributed by atoms with van der Waals surface area (Å²) in [7, 11) is 1.38.